The monoisotopic (exact) mass is 333 g/mol. The summed E-state index contributed by atoms with van der Waals surface area (Å²) in [6, 6.07) is 20.3. The predicted molar refractivity (Wildman–Crippen MR) is 99.4 cm³/mol. The van der Waals surface area contributed by atoms with Gasteiger partial charge in [0.25, 0.3) is 0 Å². The van der Waals surface area contributed by atoms with Crippen LogP contribution in [0.25, 0.3) is 0 Å². The number of carbonyl (C=O) groups excluding carboxylic acids is 1. The summed E-state index contributed by atoms with van der Waals surface area (Å²) in [7, 11) is 0. The van der Waals surface area contributed by atoms with Gasteiger partial charge in [0.1, 0.15) is 11.4 Å². The Labute approximate surface area is 148 Å². The molecule has 1 spiro atoms. The molecule has 1 fully saturated rings. The molecule has 2 unspecified atom stereocenters. The van der Waals surface area contributed by atoms with Crippen LogP contribution in [0.3, 0.4) is 0 Å². The Morgan fingerprint density at radius 3 is 2.44 bits per heavy atom. The van der Waals surface area contributed by atoms with Gasteiger partial charge in [0.2, 0.25) is 0 Å². The fraction of sp³-hybridized carbons (Fsp3) is 0.333. The van der Waals surface area contributed by atoms with Crippen LogP contribution in [0.5, 0.6) is 0 Å². The SMILES string of the molecule is NC1=NC(=O)N(Cc2ccccc2)C12CCCCC2c1ccccc1. The molecular weight excluding hydrogens is 310 g/mol. The Kier molecular flexibility index (Phi) is 4.04. The Morgan fingerprint density at radius 2 is 1.72 bits per heavy atom. The summed E-state index contributed by atoms with van der Waals surface area (Å²) < 4.78 is 0. The summed E-state index contributed by atoms with van der Waals surface area (Å²) >= 11 is 0. The molecular formula is C21H23N3O. The molecule has 4 rings (SSSR count). The molecule has 2 aliphatic rings. The van der Waals surface area contributed by atoms with Crippen LogP contribution in [-0.2, 0) is 6.54 Å². The first-order chi connectivity index (χ1) is 12.2. The van der Waals surface area contributed by atoms with Gasteiger partial charge < -0.3 is 10.6 Å². The number of hydrogen-bond acceptors (Lipinski definition) is 2. The maximum atomic E-state index is 12.7. The number of rotatable bonds is 3. The van der Waals surface area contributed by atoms with Crippen LogP contribution >= 0.6 is 0 Å². The van der Waals surface area contributed by atoms with E-state index in [1.54, 1.807) is 0 Å². The van der Waals surface area contributed by atoms with Gasteiger partial charge in [0.05, 0.1) is 0 Å². The van der Waals surface area contributed by atoms with Crippen molar-refractivity contribution in [3.05, 3.63) is 71.8 Å². The highest BCUT2D eigenvalue weighted by molar-refractivity contribution is 6.06. The van der Waals surface area contributed by atoms with E-state index in [0.717, 1.165) is 31.2 Å². The largest absolute Gasteiger partial charge is 0.385 e. The zero-order valence-corrected chi connectivity index (χ0v) is 14.3. The van der Waals surface area contributed by atoms with Crippen molar-refractivity contribution in [1.29, 1.82) is 0 Å². The van der Waals surface area contributed by atoms with E-state index in [-0.39, 0.29) is 11.9 Å². The maximum Gasteiger partial charge on any atom is 0.346 e. The summed E-state index contributed by atoms with van der Waals surface area (Å²) in [4.78, 5) is 18.8. The van der Waals surface area contributed by atoms with E-state index in [2.05, 4.69) is 41.4 Å². The van der Waals surface area contributed by atoms with Crippen molar-refractivity contribution in [2.45, 2.75) is 43.7 Å². The summed E-state index contributed by atoms with van der Waals surface area (Å²) in [5.41, 5.74) is 8.25. The van der Waals surface area contributed by atoms with Crippen LogP contribution in [0, 0.1) is 0 Å². The number of hydrogen-bond donors (Lipinski definition) is 1. The third kappa shape index (κ3) is 2.62. The molecule has 0 saturated heterocycles. The molecule has 128 valence electrons. The summed E-state index contributed by atoms with van der Waals surface area (Å²) in [5.74, 6) is 0.684. The predicted octanol–water partition coefficient (Wildman–Crippen LogP) is 4.08. The lowest BCUT2D eigenvalue weighted by atomic mass is 9.68. The molecule has 1 aliphatic carbocycles. The van der Waals surface area contributed by atoms with Crippen LogP contribution in [0.15, 0.2) is 65.7 Å². The first-order valence-corrected chi connectivity index (χ1v) is 8.97. The van der Waals surface area contributed by atoms with Gasteiger partial charge in [-0.1, -0.05) is 73.5 Å². The molecule has 2 aromatic carbocycles. The van der Waals surface area contributed by atoms with Crippen molar-refractivity contribution < 1.29 is 4.79 Å². The molecule has 4 nitrogen and oxygen atoms in total. The second-order valence-electron chi connectivity index (χ2n) is 6.98. The quantitative estimate of drug-likeness (QED) is 0.920. The summed E-state index contributed by atoms with van der Waals surface area (Å²) in [6.07, 6.45) is 4.12. The van der Waals surface area contributed by atoms with Crippen molar-refractivity contribution in [3.8, 4) is 0 Å². The lowest BCUT2D eigenvalue weighted by Crippen LogP contribution is -2.58. The molecule has 1 heterocycles. The molecule has 25 heavy (non-hydrogen) atoms. The van der Waals surface area contributed by atoms with Crippen LogP contribution < -0.4 is 5.73 Å². The van der Waals surface area contributed by atoms with Gasteiger partial charge in [-0.3, -0.25) is 0 Å². The third-order valence-corrected chi connectivity index (χ3v) is 5.63. The Balaban J connectivity index is 1.76. The number of aliphatic imine (C=N–C) groups is 1. The molecule has 2 N–H and O–H groups in total. The molecule has 4 heteroatoms. The molecule has 1 aliphatic heterocycles. The standard InChI is InChI=1S/C21H23N3O/c22-19-21(14-8-7-13-18(21)17-11-5-2-6-12-17)24(20(25)23-19)15-16-9-3-1-4-10-16/h1-6,9-12,18H,7-8,13-15H2,(H2,22,23,25). The number of nitrogens with zero attached hydrogens (tertiary/aromatic N) is 2. The molecule has 1 saturated carbocycles. The maximum absolute atomic E-state index is 12.7. The number of amides is 2. The number of benzene rings is 2. The first kappa shape index (κ1) is 15.9. The molecule has 2 amide bonds. The minimum atomic E-state index is -0.494. The molecule has 0 bridgehead atoms. The Bertz CT molecular complexity index is 787. The van der Waals surface area contributed by atoms with E-state index in [4.69, 9.17) is 5.73 Å². The van der Waals surface area contributed by atoms with Crippen LogP contribution in [-0.4, -0.2) is 22.3 Å². The highest BCUT2D eigenvalue weighted by atomic mass is 16.2. The first-order valence-electron chi connectivity index (χ1n) is 8.97. The zero-order valence-electron chi connectivity index (χ0n) is 14.3. The van der Waals surface area contributed by atoms with Gasteiger partial charge in [-0.15, -0.1) is 0 Å². The van der Waals surface area contributed by atoms with Crippen LogP contribution in [0.2, 0.25) is 0 Å². The molecule has 0 aromatic heterocycles. The van der Waals surface area contributed by atoms with Gasteiger partial charge in [-0.05, 0) is 24.0 Å². The van der Waals surface area contributed by atoms with Crippen molar-refractivity contribution in [2.75, 3.05) is 0 Å². The number of urea groups is 1. The van der Waals surface area contributed by atoms with Gasteiger partial charge in [0.15, 0.2) is 0 Å². The van der Waals surface area contributed by atoms with E-state index < -0.39 is 5.54 Å². The molecule has 2 aromatic rings. The average Bonchev–Trinajstić information content (AvgIpc) is 2.88. The van der Waals surface area contributed by atoms with Crippen molar-refractivity contribution in [1.82, 2.24) is 4.90 Å². The summed E-state index contributed by atoms with van der Waals surface area (Å²) in [6.45, 7) is 0.549. The van der Waals surface area contributed by atoms with Gasteiger partial charge in [-0.2, -0.15) is 4.99 Å². The highest BCUT2D eigenvalue weighted by Crippen LogP contribution is 2.47. The minimum Gasteiger partial charge on any atom is -0.385 e. The number of nitrogens with two attached hydrogens (primary N) is 1. The summed E-state index contributed by atoms with van der Waals surface area (Å²) in [5, 5.41) is 0. The van der Waals surface area contributed by atoms with Crippen molar-refractivity contribution in [2.24, 2.45) is 10.7 Å². The number of amidine groups is 1. The molecule has 0 radical (unpaired) electrons. The minimum absolute atomic E-state index is 0.196. The third-order valence-electron chi connectivity index (χ3n) is 5.63. The number of carbonyl (C=O) groups is 1. The van der Waals surface area contributed by atoms with Gasteiger partial charge >= 0.3 is 6.03 Å². The van der Waals surface area contributed by atoms with E-state index in [0.29, 0.717) is 12.4 Å². The molecule has 2 atom stereocenters. The zero-order chi connectivity index (χ0) is 17.3. The second kappa shape index (κ2) is 6.36. The van der Waals surface area contributed by atoms with Gasteiger partial charge in [-0.25, -0.2) is 4.79 Å². The lowest BCUT2D eigenvalue weighted by Gasteiger charge is -2.47. The highest BCUT2D eigenvalue weighted by Gasteiger charge is 2.54. The topological polar surface area (TPSA) is 58.7 Å². The Morgan fingerprint density at radius 1 is 1.04 bits per heavy atom. The van der Waals surface area contributed by atoms with E-state index in [1.807, 2.05) is 29.2 Å². The average molecular weight is 333 g/mol. The smallest absolute Gasteiger partial charge is 0.346 e. The van der Waals surface area contributed by atoms with Crippen LogP contribution in [0.1, 0.15) is 42.7 Å². The van der Waals surface area contributed by atoms with E-state index >= 15 is 0 Å². The van der Waals surface area contributed by atoms with E-state index in [1.165, 1.54) is 5.56 Å². The van der Waals surface area contributed by atoms with Crippen molar-refractivity contribution in [3.63, 3.8) is 0 Å². The van der Waals surface area contributed by atoms with Crippen molar-refractivity contribution >= 4 is 11.9 Å². The normalized spacial score (nSPS) is 26.1. The fourth-order valence-electron chi connectivity index (χ4n) is 4.46. The second-order valence-corrected chi connectivity index (χ2v) is 6.98. The van der Waals surface area contributed by atoms with E-state index in [9.17, 15) is 4.79 Å². The van der Waals surface area contributed by atoms with Crippen LogP contribution in [0.4, 0.5) is 4.79 Å². The lowest BCUT2D eigenvalue weighted by molar-refractivity contribution is 0.119. The Hall–Kier alpha value is -2.62. The van der Waals surface area contributed by atoms with Gasteiger partial charge in [0, 0.05) is 12.5 Å². The fourth-order valence-corrected chi connectivity index (χ4v) is 4.46.